The van der Waals surface area contributed by atoms with E-state index in [1.54, 1.807) is 12.6 Å². The van der Waals surface area contributed by atoms with Crippen LogP contribution < -0.4 is 5.32 Å². The summed E-state index contributed by atoms with van der Waals surface area (Å²) in [4.78, 5) is 4.30. The Morgan fingerprint density at radius 2 is 2.10 bits per heavy atom. The Balaban J connectivity index is 1.72. The molecule has 3 heterocycles. The van der Waals surface area contributed by atoms with E-state index in [1.165, 1.54) is 5.56 Å². The van der Waals surface area contributed by atoms with Crippen LogP contribution >= 0.6 is 15.9 Å². The lowest BCUT2D eigenvalue weighted by Crippen LogP contribution is -2.27. The Hall–Kier alpha value is -2.08. The summed E-state index contributed by atoms with van der Waals surface area (Å²) in [6.45, 7) is 0. The molecule has 3 aromatic rings. The van der Waals surface area contributed by atoms with Gasteiger partial charge in [0.25, 0.3) is 0 Å². The Bertz CT molecular complexity index is 735. The van der Waals surface area contributed by atoms with Gasteiger partial charge in [0.05, 0.1) is 12.3 Å². The van der Waals surface area contributed by atoms with E-state index in [-0.39, 0.29) is 12.1 Å². The number of fused-ring (bicyclic) bond motifs is 1. The third kappa shape index (κ3) is 2.25. The summed E-state index contributed by atoms with van der Waals surface area (Å²) >= 11 is 3.47. The zero-order valence-corrected chi connectivity index (χ0v) is 12.7. The summed E-state index contributed by atoms with van der Waals surface area (Å²) < 4.78 is 8.54. The number of nitrogens with zero attached hydrogens (tertiary/aromatic N) is 3. The van der Waals surface area contributed by atoms with E-state index in [4.69, 9.17) is 4.42 Å². The monoisotopic (exact) mass is 344 g/mol. The van der Waals surface area contributed by atoms with Gasteiger partial charge in [0.2, 0.25) is 5.95 Å². The molecule has 106 valence electrons. The van der Waals surface area contributed by atoms with Crippen molar-refractivity contribution in [1.82, 2.24) is 14.8 Å². The lowest BCUT2D eigenvalue weighted by atomic mass is 9.96. The first-order valence-corrected chi connectivity index (χ1v) is 7.55. The highest BCUT2D eigenvalue weighted by Crippen LogP contribution is 2.37. The summed E-state index contributed by atoms with van der Waals surface area (Å²) in [5, 5.41) is 7.75. The number of aromatic nitrogens is 3. The highest BCUT2D eigenvalue weighted by Gasteiger charge is 2.31. The van der Waals surface area contributed by atoms with E-state index < -0.39 is 0 Å². The molecule has 1 aromatic carbocycles. The maximum absolute atomic E-state index is 5.58. The number of hydrogen-bond acceptors (Lipinski definition) is 4. The summed E-state index contributed by atoms with van der Waals surface area (Å²) in [6.07, 6.45) is 4.14. The molecule has 21 heavy (non-hydrogen) atoms. The molecular formula is C15H13BrN4O. The first kappa shape index (κ1) is 12.6. The minimum atomic E-state index is 0.0624. The molecule has 2 atom stereocenters. The second kappa shape index (κ2) is 5.04. The highest BCUT2D eigenvalue weighted by molar-refractivity contribution is 9.10. The predicted molar refractivity (Wildman–Crippen MR) is 82.0 cm³/mol. The quantitative estimate of drug-likeness (QED) is 0.768. The molecule has 0 saturated carbocycles. The number of hydrogen-bond donors (Lipinski definition) is 1. The summed E-state index contributed by atoms with van der Waals surface area (Å²) in [5.41, 5.74) is 1.23. The van der Waals surface area contributed by atoms with Gasteiger partial charge in [-0.1, -0.05) is 28.1 Å². The van der Waals surface area contributed by atoms with Crippen molar-refractivity contribution in [1.29, 1.82) is 0 Å². The van der Waals surface area contributed by atoms with Gasteiger partial charge in [0.1, 0.15) is 18.1 Å². The Kier molecular flexibility index (Phi) is 3.03. The number of nitrogens with one attached hydrogen (secondary N) is 1. The molecule has 1 aliphatic heterocycles. The minimum Gasteiger partial charge on any atom is -0.467 e. The van der Waals surface area contributed by atoms with Crippen molar-refractivity contribution in [2.45, 2.75) is 18.5 Å². The van der Waals surface area contributed by atoms with Crippen molar-refractivity contribution in [3.05, 3.63) is 64.8 Å². The Morgan fingerprint density at radius 3 is 2.86 bits per heavy atom. The number of anilines is 1. The van der Waals surface area contributed by atoms with Crippen molar-refractivity contribution in [3.63, 3.8) is 0 Å². The maximum atomic E-state index is 5.58. The second-order valence-electron chi connectivity index (χ2n) is 5.04. The largest absolute Gasteiger partial charge is 0.467 e. The molecule has 0 amide bonds. The molecule has 0 fully saturated rings. The van der Waals surface area contributed by atoms with E-state index in [1.807, 2.05) is 16.8 Å². The standard InChI is InChI=1S/C15H13BrN4O/c16-11-5-3-10(4-6-11)12-8-13(14-2-1-7-21-14)20-15(19-12)17-9-18-20/h1-7,9,12-13H,8H2,(H,17,18,19)/t12-,13-/m1/s1. The Morgan fingerprint density at radius 1 is 1.24 bits per heavy atom. The molecule has 4 rings (SSSR count). The summed E-state index contributed by atoms with van der Waals surface area (Å²) in [6, 6.07) is 12.5. The van der Waals surface area contributed by atoms with Crippen LogP contribution in [0.4, 0.5) is 5.95 Å². The zero-order valence-electron chi connectivity index (χ0n) is 11.1. The SMILES string of the molecule is Brc1ccc([C@H]2C[C@H](c3ccco3)n3ncnc3N2)cc1. The van der Waals surface area contributed by atoms with Gasteiger partial charge >= 0.3 is 0 Å². The van der Waals surface area contributed by atoms with E-state index in [9.17, 15) is 0 Å². The third-order valence-electron chi connectivity index (χ3n) is 3.77. The molecule has 0 saturated heterocycles. The van der Waals surface area contributed by atoms with Crippen LogP contribution in [0.3, 0.4) is 0 Å². The second-order valence-corrected chi connectivity index (χ2v) is 5.96. The van der Waals surface area contributed by atoms with Crippen molar-refractivity contribution in [3.8, 4) is 0 Å². The molecule has 5 nitrogen and oxygen atoms in total. The van der Waals surface area contributed by atoms with Crippen LogP contribution in [-0.2, 0) is 0 Å². The first-order valence-electron chi connectivity index (χ1n) is 6.76. The molecule has 0 aliphatic carbocycles. The van der Waals surface area contributed by atoms with E-state index in [2.05, 4.69) is 55.6 Å². The van der Waals surface area contributed by atoms with Crippen LogP contribution in [0.15, 0.2) is 57.9 Å². The van der Waals surface area contributed by atoms with Crippen LogP contribution in [0.5, 0.6) is 0 Å². The molecule has 0 unspecified atom stereocenters. The smallest absolute Gasteiger partial charge is 0.222 e. The number of halogens is 1. The number of furan rings is 1. The van der Waals surface area contributed by atoms with Crippen molar-refractivity contribution < 1.29 is 4.42 Å². The van der Waals surface area contributed by atoms with Gasteiger partial charge in [-0.3, -0.25) is 0 Å². The molecule has 0 spiro atoms. The fourth-order valence-corrected chi connectivity index (χ4v) is 3.02. The van der Waals surface area contributed by atoms with E-state index in [0.717, 1.165) is 22.6 Å². The first-order chi connectivity index (χ1) is 10.3. The van der Waals surface area contributed by atoms with E-state index >= 15 is 0 Å². The zero-order chi connectivity index (χ0) is 14.2. The van der Waals surface area contributed by atoms with Crippen LogP contribution in [0.1, 0.15) is 29.8 Å². The lowest BCUT2D eigenvalue weighted by Gasteiger charge is -2.30. The topological polar surface area (TPSA) is 55.9 Å². The normalized spacial score (nSPS) is 20.8. The van der Waals surface area contributed by atoms with Gasteiger partial charge in [-0.25, -0.2) is 4.68 Å². The van der Waals surface area contributed by atoms with Gasteiger partial charge in [-0.05, 0) is 29.8 Å². The molecule has 6 heteroatoms. The van der Waals surface area contributed by atoms with Gasteiger partial charge in [-0.2, -0.15) is 10.1 Å². The summed E-state index contributed by atoms with van der Waals surface area (Å²) in [5.74, 6) is 1.68. The maximum Gasteiger partial charge on any atom is 0.222 e. The minimum absolute atomic E-state index is 0.0624. The van der Waals surface area contributed by atoms with Crippen LogP contribution in [0, 0.1) is 0 Å². The molecule has 0 bridgehead atoms. The Labute approximate surface area is 130 Å². The number of rotatable bonds is 2. The van der Waals surface area contributed by atoms with Gasteiger partial charge in [0.15, 0.2) is 0 Å². The number of benzene rings is 1. The van der Waals surface area contributed by atoms with Gasteiger partial charge in [-0.15, -0.1) is 0 Å². The fourth-order valence-electron chi connectivity index (χ4n) is 2.75. The van der Waals surface area contributed by atoms with Crippen LogP contribution in [-0.4, -0.2) is 14.8 Å². The van der Waals surface area contributed by atoms with Gasteiger partial charge in [0, 0.05) is 10.9 Å². The van der Waals surface area contributed by atoms with Crippen molar-refractivity contribution in [2.24, 2.45) is 0 Å². The van der Waals surface area contributed by atoms with Crippen molar-refractivity contribution >= 4 is 21.9 Å². The lowest BCUT2D eigenvalue weighted by molar-refractivity contribution is 0.358. The van der Waals surface area contributed by atoms with Gasteiger partial charge < -0.3 is 9.73 Å². The van der Waals surface area contributed by atoms with Crippen molar-refractivity contribution in [2.75, 3.05) is 5.32 Å². The van der Waals surface area contributed by atoms with E-state index in [0.29, 0.717) is 0 Å². The summed E-state index contributed by atoms with van der Waals surface area (Å²) in [7, 11) is 0. The molecule has 2 aromatic heterocycles. The average Bonchev–Trinajstić information content (AvgIpc) is 3.18. The van der Waals surface area contributed by atoms with Crippen LogP contribution in [0.25, 0.3) is 0 Å². The highest BCUT2D eigenvalue weighted by atomic mass is 79.9. The third-order valence-corrected chi connectivity index (χ3v) is 4.30. The molecule has 0 radical (unpaired) electrons. The van der Waals surface area contributed by atoms with Crippen LogP contribution in [0.2, 0.25) is 0 Å². The molecular weight excluding hydrogens is 332 g/mol. The average molecular weight is 345 g/mol. The fraction of sp³-hybridized carbons (Fsp3) is 0.200. The molecule has 1 N–H and O–H groups in total. The predicted octanol–water partition coefficient (Wildman–Crippen LogP) is 3.78. The molecule has 1 aliphatic rings.